The van der Waals surface area contributed by atoms with E-state index in [1.54, 1.807) is 0 Å². The van der Waals surface area contributed by atoms with Crippen LogP contribution in [0.2, 0.25) is 0 Å². The number of halogens is 2. The van der Waals surface area contributed by atoms with E-state index in [0.717, 1.165) is 31.4 Å². The van der Waals surface area contributed by atoms with Gasteiger partial charge in [-0.05, 0) is 24.1 Å². The molecule has 1 aromatic carbocycles. The molecule has 0 bridgehead atoms. The molecule has 3 nitrogen and oxygen atoms in total. The van der Waals surface area contributed by atoms with Crippen LogP contribution in [0.15, 0.2) is 18.2 Å². The molecule has 0 saturated carbocycles. The van der Waals surface area contributed by atoms with Gasteiger partial charge < -0.3 is 14.6 Å². The molecule has 1 unspecified atom stereocenters. The summed E-state index contributed by atoms with van der Waals surface area (Å²) in [5.74, 6) is -4.29. The van der Waals surface area contributed by atoms with E-state index in [-0.39, 0.29) is 0 Å². The third-order valence-electron chi connectivity index (χ3n) is 4.22. The summed E-state index contributed by atoms with van der Waals surface area (Å²) >= 11 is 0. The Morgan fingerprint density at radius 1 is 1.00 bits per heavy atom. The number of hydrogen-bond acceptors (Lipinski definition) is 3. The van der Waals surface area contributed by atoms with Crippen LogP contribution in [0.4, 0.5) is 8.78 Å². The molecule has 0 aromatic heterocycles. The minimum atomic E-state index is -1.85. The molecule has 0 heterocycles. The lowest BCUT2D eigenvalue weighted by atomic mass is 9.90. The summed E-state index contributed by atoms with van der Waals surface area (Å²) in [4.78, 5) is 0. The molecule has 0 saturated heterocycles. The normalized spacial score (nSPS) is 13.3. The minimum Gasteiger partial charge on any atom is -0.343 e. The predicted molar refractivity (Wildman–Crippen MR) is 86.1 cm³/mol. The maximum absolute atomic E-state index is 13.5. The van der Waals surface area contributed by atoms with Crippen molar-refractivity contribution < 1.29 is 23.4 Å². The van der Waals surface area contributed by atoms with E-state index in [0.29, 0.717) is 12.0 Å². The van der Waals surface area contributed by atoms with E-state index < -0.39 is 23.5 Å². The molecule has 1 aromatic rings. The van der Waals surface area contributed by atoms with E-state index in [1.807, 2.05) is 0 Å². The number of rotatable bonds is 11. The second-order valence-corrected chi connectivity index (χ2v) is 5.82. The van der Waals surface area contributed by atoms with Crippen molar-refractivity contribution in [3.63, 3.8) is 0 Å². The first-order valence-electron chi connectivity index (χ1n) is 8.26. The number of hydrogen-bond donors (Lipinski definition) is 1. The predicted octanol–water partition coefficient (Wildman–Crippen LogP) is 4.74. The van der Waals surface area contributed by atoms with Gasteiger partial charge in [-0.25, -0.2) is 8.78 Å². The zero-order valence-electron chi connectivity index (χ0n) is 14.3. The van der Waals surface area contributed by atoms with Crippen LogP contribution in [0.1, 0.15) is 63.4 Å². The van der Waals surface area contributed by atoms with Gasteiger partial charge >= 0.3 is 0 Å². The molecular formula is C18H28F2O3. The molecule has 1 atom stereocenters. The number of aliphatic hydroxyl groups is 1. The summed E-state index contributed by atoms with van der Waals surface area (Å²) < 4.78 is 36.8. The Kier molecular flexibility index (Phi) is 8.66. The number of benzene rings is 1. The van der Waals surface area contributed by atoms with Crippen molar-refractivity contribution >= 4 is 0 Å². The Morgan fingerprint density at radius 2 is 1.61 bits per heavy atom. The fraction of sp³-hybridized carbons (Fsp3) is 0.667. The fourth-order valence-electron chi connectivity index (χ4n) is 2.79. The highest BCUT2D eigenvalue weighted by Gasteiger charge is 2.38. The van der Waals surface area contributed by atoms with Gasteiger partial charge in [-0.3, -0.25) is 0 Å². The van der Waals surface area contributed by atoms with Crippen LogP contribution in [0.5, 0.6) is 0 Å². The Morgan fingerprint density at radius 3 is 2.17 bits per heavy atom. The lowest BCUT2D eigenvalue weighted by Gasteiger charge is -2.33. The Labute approximate surface area is 137 Å². The highest BCUT2D eigenvalue weighted by atomic mass is 19.2. The van der Waals surface area contributed by atoms with Gasteiger partial charge in [0.15, 0.2) is 11.6 Å². The van der Waals surface area contributed by atoms with Crippen molar-refractivity contribution in [3.05, 3.63) is 35.4 Å². The smallest absolute Gasteiger partial charge is 0.287 e. The lowest BCUT2D eigenvalue weighted by molar-refractivity contribution is -0.353. The molecule has 1 rings (SSSR count). The number of methoxy groups -OCH3 is 2. The van der Waals surface area contributed by atoms with Crippen molar-refractivity contribution in [1.82, 2.24) is 0 Å². The van der Waals surface area contributed by atoms with Crippen LogP contribution < -0.4 is 0 Å². The molecule has 5 heteroatoms. The topological polar surface area (TPSA) is 38.7 Å². The van der Waals surface area contributed by atoms with Gasteiger partial charge in [0.05, 0.1) is 5.92 Å². The summed E-state index contributed by atoms with van der Waals surface area (Å²) in [6.45, 7) is 2.16. The van der Waals surface area contributed by atoms with E-state index in [1.165, 1.54) is 39.5 Å². The molecule has 0 radical (unpaired) electrons. The van der Waals surface area contributed by atoms with E-state index in [2.05, 4.69) is 6.92 Å². The van der Waals surface area contributed by atoms with Crippen molar-refractivity contribution in [2.45, 2.75) is 63.8 Å². The van der Waals surface area contributed by atoms with Crippen LogP contribution in [0.25, 0.3) is 0 Å². The highest BCUT2D eigenvalue weighted by molar-refractivity contribution is 5.23. The Bertz CT molecular complexity index is 462. The molecule has 0 spiro atoms. The Hall–Kier alpha value is -1.04. The SMILES string of the molecule is CCCCCCCCC(c1ccc(F)c(F)c1)C(O)(OC)OC. The first-order valence-corrected chi connectivity index (χ1v) is 8.26. The van der Waals surface area contributed by atoms with Gasteiger partial charge in [0.2, 0.25) is 0 Å². The fourth-order valence-corrected chi connectivity index (χ4v) is 2.79. The zero-order chi connectivity index (χ0) is 17.3. The van der Waals surface area contributed by atoms with Crippen molar-refractivity contribution in [2.24, 2.45) is 0 Å². The summed E-state index contributed by atoms with van der Waals surface area (Å²) in [7, 11) is 2.66. The average Bonchev–Trinajstić information content (AvgIpc) is 2.56. The standard InChI is InChI=1S/C18H28F2O3/c1-4-5-6-7-8-9-10-15(18(21,22-2)23-3)14-11-12-16(19)17(20)13-14/h11-13,15,21H,4-10H2,1-3H3. The van der Waals surface area contributed by atoms with Gasteiger partial charge in [0.25, 0.3) is 5.97 Å². The van der Waals surface area contributed by atoms with Crippen molar-refractivity contribution in [1.29, 1.82) is 0 Å². The summed E-state index contributed by atoms with van der Waals surface area (Å²) in [5.41, 5.74) is 0.462. The third kappa shape index (κ3) is 5.83. The van der Waals surface area contributed by atoms with Crippen molar-refractivity contribution in [3.8, 4) is 0 Å². The van der Waals surface area contributed by atoms with E-state index in [4.69, 9.17) is 9.47 Å². The number of ether oxygens (including phenoxy) is 2. The molecule has 0 aliphatic rings. The van der Waals surface area contributed by atoms with Crippen molar-refractivity contribution in [2.75, 3.05) is 14.2 Å². The maximum Gasteiger partial charge on any atom is 0.287 e. The molecule has 0 fully saturated rings. The van der Waals surface area contributed by atoms with Crippen LogP contribution in [-0.2, 0) is 9.47 Å². The van der Waals surface area contributed by atoms with Gasteiger partial charge in [-0.2, -0.15) is 0 Å². The maximum atomic E-state index is 13.5. The average molecular weight is 330 g/mol. The summed E-state index contributed by atoms with van der Waals surface area (Å²) in [6.07, 6.45) is 7.14. The molecule has 23 heavy (non-hydrogen) atoms. The summed E-state index contributed by atoms with van der Waals surface area (Å²) in [6, 6.07) is 3.62. The van der Waals surface area contributed by atoms with Gasteiger partial charge in [-0.1, -0.05) is 51.5 Å². The van der Waals surface area contributed by atoms with Gasteiger partial charge in [0.1, 0.15) is 0 Å². The monoisotopic (exact) mass is 330 g/mol. The molecule has 0 amide bonds. The van der Waals surface area contributed by atoms with Gasteiger partial charge in [0, 0.05) is 14.2 Å². The molecule has 132 valence electrons. The van der Waals surface area contributed by atoms with Crippen LogP contribution in [0.3, 0.4) is 0 Å². The largest absolute Gasteiger partial charge is 0.343 e. The summed E-state index contributed by atoms with van der Waals surface area (Å²) in [5, 5.41) is 10.5. The first kappa shape index (κ1) is 20.0. The number of unbranched alkanes of at least 4 members (excludes halogenated alkanes) is 5. The van der Waals surface area contributed by atoms with E-state index >= 15 is 0 Å². The third-order valence-corrected chi connectivity index (χ3v) is 4.22. The van der Waals surface area contributed by atoms with Crippen LogP contribution in [-0.4, -0.2) is 25.3 Å². The van der Waals surface area contributed by atoms with E-state index in [9.17, 15) is 13.9 Å². The minimum absolute atomic E-state index is 0.462. The lowest BCUT2D eigenvalue weighted by Crippen LogP contribution is -2.40. The Balaban J connectivity index is 2.79. The quantitative estimate of drug-likeness (QED) is 0.470. The highest BCUT2D eigenvalue weighted by Crippen LogP contribution is 2.35. The van der Waals surface area contributed by atoms with Crippen LogP contribution in [0, 0.1) is 11.6 Å². The van der Waals surface area contributed by atoms with Crippen LogP contribution >= 0.6 is 0 Å². The molecule has 0 aliphatic carbocycles. The zero-order valence-corrected chi connectivity index (χ0v) is 14.3. The first-order chi connectivity index (χ1) is 11.0. The molecular weight excluding hydrogens is 302 g/mol. The second kappa shape index (κ2) is 9.96. The van der Waals surface area contributed by atoms with Gasteiger partial charge in [-0.15, -0.1) is 0 Å². The molecule has 1 N–H and O–H groups in total. The second-order valence-electron chi connectivity index (χ2n) is 5.82. The molecule has 0 aliphatic heterocycles.